The first-order valence-corrected chi connectivity index (χ1v) is 8.19. The Hall–Kier alpha value is -1.47. The van der Waals surface area contributed by atoms with Crippen LogP contribution in [0.4, 0.5) is 5.69 Å². The van der Waals surface area contributed by atoms with Crippen LogP contribution in [0.5, 0.6) is 0 Å². The van der Waals surface area contributed by atoms with Crippen molar-refractivity contribution >= 4 is 23.4 Å². The second-order valence-electron chi connectivity index (χ2n) is 5.47. The van der Waals surface area contributed by atoms with Gasteiger partial charge in [0.2, 0.25) is 5.91 Å². The Kier molecular flexibility index (Phi) is 3.98. The van der Waals surface area contributed by atoms with Gasteiger partial charge in [0.1, 0.15) is 0 Å². The fraction of sp³-hybridized carbons (Fsp3) is 0.500. The lowest BCUT2D eigenvalue weighted by molar-refractivity contribution is -0.116. The number of carbonyl (C=O) groups is 1. The third-order valence-electron chi connectivity index (χ3n) is 4.12. The van der Waals surface area contributed by atoms with Crippen LogP contribution in [0, 0.1) is 11.3 Å². The van der Waals surface area contributed by atoms with Crippen molar-refractivity contribution in [3.8, 4) is 6.07 Å². The van der Waals surface area contributed by atoms with Gasteiger partial charge in [0.15, 0.2) is 0 Å². The van der Waals surface area contributed by atoms with Gasteiger partial charge in [0.05, 0.1) is 16.9 Å². The number of hydrogen-bond donors (Lipinski definition) is 0. The summed E-state index contributed by atoms with van der Waals surface area (Å²) in [5.41, 5.74) is 1.56. The zero-order valence-electron chi connectivity index (χ0n) is 11.4. The second kappa shape index (κ2) is 5.88. The summed E-state index contributed by atoms with van der Waals surface area (Å²) in [6.07, 6.45) is 6.12. The minimum absolute atomic E-state index is 0.133. The van der Waals surface area contributed by atoms with Crippen molar-refractivity contribution in [1.29, 1.82) is 5.26 Å². The second-order valence-corrected chi connectivity index (χ2v) is 6.98. The van der Waals surface area contributed by atoms with Gasteiger partial charge in [0, 0.05) is 17.5 Å². The molecule has 0 spiro atoms. The summed E-state index contributed by atoms with van der Waals surface area (Å²) in [7, 11) is 0. The Balaban J connectivity index is 1.66. The molecule has 0 unspecified atom stereocenters. The van der Waals surface area contributed by atoms with Crippen LogP contribution in [0.15, 0.2) is 24.3 Å². The van der Waals surface area contributed by atoms with E-state index < -0.39 is 0 Å². The number of nitrogens with zero attached hydrogens (tertiary/aromatic N) is 2. The van der Waals surface area contributed by atoms with E-state index in [0.29, 0.717) is 10.8 Å². The third-order valence-corrected chi connectivity index (χ3v) is 5.75. The molecule has 2 aliphatic rings. The zero-order chi connectivity index (χ0) is 13.9. The van der Waals surface area contributed by atoms with Crippen LogP contribution in [-0.4, -0.2) is 23.0 Å². The van der Waals surface area contributed by atoms with E-state index >= 15 is 0 Å². The number of benzene rings is 1. The maximum absolute atomic E-state index is 12.5. The highest BCUT2D eigenvalue weighted by Gasteiger charge is 2.35. The summed E-state index contributed by atoms with van der Waals surface area (Å²) < 4.78 is 0. The van der Waals surface area contributed by atoms with Crippen molar-refractivity contribution < 1.29 is 4.79 Å². The molecule has 0 radical (unpaired) electrons. The minimum Gasteiger partial charge on any atom is -0.311 e. The average Bonchev–Trinajstić information content (AvgIpc) is 3.11. The molecule has 0 N–H and O–H groups in total. The van der Waals surface area contributed by atoms with Gasteiger partial charge in [-0.3, -0.25) is 4.79 Å². The predicted molar refractivity (Wildman–Crippen MR) is 81.8 cm³/mol. The summed E-state index contributed by atoms with van der Waals surface area (Å²) >= 11 is 1.89. The molecule has 0 aromatic heterocycles. The lowest BCUT2D eigenvalue weighted by Gasteiger charge is -2.18. The SMILES string of the molecule is N#Cc1ccc(N2CC[C@H](SC3CCCC3)C2=O)cc1. The molecule has 1 amide bonds. The molecule has 1 saturated heterocycles. The molecule has 1 atom stereocenters. The number of rotatable bonds is 3. The topological polar surface area (TPSA) is 44.1 Å². The lowest BCUT2D eigenvalue weighted by atomic mass is 10.2. The monoisotopic (exact) mass is 286 g/mol. The molecule has 20 heavy (non-hydrogen) atoms. The van der Waals surface area contributed by atoms with Gasteiger partial charge in [-0.1, -0.05) is 12.8 Å². The van der Waals surface area contributed by atoms with Crippen LogP contribution < -0.4 is 4.90 Å². The number of nitriles is 1. The molecule has 1 heterocycles. The van der Waals surface area contributed by atoms with E-state index in [1.165, 1.54) is 25.7 Å². The maximum Gasteiger partial charge on any atom is 0.240 e. The molecule has 1 aliphatic carbocycles. The van der Waals surface area contributed by atoms with E-state index in [0.717, 1.165) is 18.7 Å². The van der Waals surface area contributed by atoms with E-state index in [4.69, 9.17) is 5.26 Å². The summed E-state index contributed by atoms with van der Waals surface area (Å²) in [6, 6.07) is 9.41. The van der Waals surface area contributed by atoms with Crippen molar-refractivity contribution in [3.05, 3.63) is 29.8 Å². The molecular weight excluding hydrogens is 268 g/mol. The number of amides is 1. The van der Waals surface area contributed by atoms with E-state index in [-0.39, 0.29) is 11.2 Å². The number of carbonyl (C=O) groups excluding carboxylic acids is 1. The quantitative estimate of drug-likeness (QED) is 0.856. The third kappa shape index (κ3) is 2.69. The average molecular weight is 286 g/mol. The Morgan fingerprint density at radius 2 is 1.85 bits per heavy atom. The standard InChI is InChI=1S/C16H18N2OS/c17-11-12-5-7-13(8-6-12)18-10-9-15(16(18)19)20-14-3-1-2-4-14/h5-8,14-15H,1-4,9-10H2/t15-/m0/s1. The van der Waals surface area contributed by atoms with E-state index in [9.17, 15) is 4.79 Å². The lowest BCUT2D eigenvalue weighted by Crippen LogP contribution is -2.28. The highest BCUT2D eigenvalue weighted by Crippen LogP contribution is 2.37. The zero-order valence-corrected chi connectivity index (χ0v) is 12.2. The Bertz CT molecular complexity index is 528. The molecule has 1 aliphatic heterocycles. The van der Waals surface area contributed by atoms with Crippen LogP contribution in [0.2, 0.25) is 0 Å². The molecule has 1 aromatic rings. The van der Waals surface area contributed by atoms with Crippen molar-refractivity contribution in [1.82, 2.24) is 0 Å². The van der Waals surface area contributed by atoms with Gasteiger partial charge in [-0.25, -0.2) is 0 Å². The van der Waals surface area contributed by atoms with Gasteiger partial charge < -0.3 is 4.90 Å². The minimum atomic E-state index is 0.133. The molecule has 104 valence electrons. The van der Waals surface area contributed by atoms with Crippen LogP contribution in [0.3, 0.4) is 0 Å². The predicted octanol–water partition coefficient (Wildman–Crippen LogP) is 3.34. The molecular formula is C16H18N2OS. The molecule has 3 rings (SSSR count). The summed E-state index contributed by atoms with van der Waals surface area (Å²) in [4.78, 5) is 14.4. The molecule has 1 aromatic carbocycles. The summed E-state index contributed by atoms with van der Waals surface area (Å²) in [5, 5.41) is 9.63. The number of hydrogen-bond acceptors (Lipinski definition) is 3. The highest BCUT2D eigenvalue weighted by atomic mass is 32.2. The Morgan fingerprint density at radius 1 is 1.15 bits per heavy atom. The maximum atomic E-state index is 12.5. The molecule has 0 bridgehead atoms. The Morgan fingerprint density at radius 3 is 2.50 bits per heavy atom. The van der Waals surface area contributed by atoms with Crippen LogP contribution in [-0.2, 0) is 4.79 Å². The molecule has 2 fully saturated rings. The van der Waals surface area contributed by atoms with E-state index in [1.54, 1.807) is 12.1 Å². The van der Waals surface area contributed by atoms with Gasteiger partial charge in [-0.05, 0) is 43.5 Å². The Labute approximate surface area is 124 Å². The first kappa shape index (κ1) is 13.5. The van der Waals surface area contributed by atoms with Crippen LogP contribution in [0.25, 0.3) is 0 Å². The van der Waals surface area contributed by atoms with Crippen molar-refractivity contribution in [2.45, 2.75) is 42.6 Å². The van der Waals surface area contributed by atoms with Crippen molar-refractivity contribution in [2.75, 3.05) is 11.4 Å². The first-order valence-electron chi connectivity index (χ1n) is 7.25. The van der Waals surface area contributed by atoms with Gasteiger partial charge in [0.25, 0.3) is 0 Å². The molecule has 4 heteroatoms. The van der Waals surface area contributed by atoms with E-state index in [1.807, 2.05) is 28.8 Å². The van der Waals surface area contributed by atoms with Gasteiger partial charge in [-0.15, -0.1) is 11.8 Å². The molecule has 1 saturated carbocycles. The summed E-state index contributed by atoms with van der Waals surface area (Å²) in [5.74, 6) is 0.242. The molecule has 3 nitrogen and oxygen atoms in total. The van der Waals surface area contributed by atoms with Crippen molar-refractivity contribution in [2.24, 2.45) is 0 Å². The van der Waals surface area contributed by atoms with Crippen LogP contribution >= 0.6 is 11.8 Å². The van der Waals surface area contributed by atoms with Crippen LogP contribution in [0.1, 0.15) is 37.7 Å². The van der Waals surface area contributed by atoms with Gasteiger partial charge in [-0.2, -0.15) is 5.26 Å². The van der Waals surface area contributed by atoms with Gasteiger partial charge >= 0.3 is 0 Å². The van der Waals surface area contributed by atoms with Crippen molar-refractivity contribution in [3.63, 3.8) is 0 Å². The fourth-order valence-corrected chi connectivity index (χ4v) is 4.56. The fourth-order valence-electron chi connectivity index (χ4n) is 3.01. The number of thioether (sulfide) groups is 1. The first-order chi connectivity index (χ1) is 9.78. The smallest absolute Gasteiger partial charge is 0.240 e. The normalized spacial score (nSPS) is 23.2. The summed E-state index contributed by atoms with van der Waals surface area (Å²) in [6.45, 7) is 0.801. The van der Waals surface area contributed by atoms with E-state index in [2.05, 4.69) is 6.07 Å². The largest absolute Gasteiger partial charge is 0.311 e. The highest BCUT2D eigenvalue weighted by molar-refractivity contribution is 8.01. The number of anilines is 1.